The number of carbonyl (C=O) groups is 1. The molecule has 3 N–H and O–H groups in total. The highest BCUT2D eigenvalue weighted by Crippen LogP contribution is 2.22. The van der Waals surface area contributed by atoms with Crippen LogP contribution in [0.25, 0.3) is 11.4 Å². The van der Waals surface area contributed by atoms with Crippen LogP contribution in [-0.4, -0.2) is 26.5 Å². The summed E-state index contributed by atoms with van der Waals surface area (Å²) in [6.45, 7) is 8.15. The normalized spacial score (nSPS) is 12.0. The quantitative estimate of drug-likeness (QED) is 0.492. The molecular formula is C21H25N5OS. The first kappa shape index (κ1) is 19.9. The molecule has 0 bridgehead atoms. The Balaban J connectivity index is 1.60. The number of carbonyl (C=O) groups excluding carboxylic acids is 1. The molecule has 0 saturated carbocycles. The Morgan fingerprint density at radius 3 is 2.50 bits per heavy atom. The van der Waals surface area contributed by atoms with Gasteiger partial charge in [-0.05, 0) is 44.4 Å². The molecule has 1 aromatic heterocycles. The highest BCUT2D eigenvalue weighted by atomic mass is 32.2. The Morgan fingerprint density at radius 2 is 1.82 bits per heavy atom. The second-order valence-corrected chi connectivity index (χ2v) is 7.91. The van der Waals surface area contributed by atoms with E-state index >= 15 is 0 Å². The van der Waals surface area contributed by atoms with Gasteiger partial charge in [0.25, 0.3) is 0 Å². The average Bonchev–Trinajstić information content (AvgIpc) is 3.03. The molecule has 0 spiro atoms. The largest absolute Gasteiger partial charge is 0.349 e. The highest BCUT2D eigenvalue weighted by Gasteiger charge is 2.15. The lowest BCUT2D eigenvalue weighted by molar-refractivity contribution is -0.119. The maximum Gasteiger partial charge on any atom is 0.230 e. The summed E-state index contributed by atoms with van der Waals surface area (Å²) in [5.74, 6) is 6.84. The lowest BCUT2D eigenvalue weighted by Gasteiger charge is -2.15. The summed E-state index contributed by atoms with van der Waals surface area (Å²) in [6.07, 6.45) is 0. The molecule has 1 heterocycles. The van der Waals surface area contributed by atoms with Crippen molar-refractivity contribution >= 4 is 17.7 Å². The minimum Gasteiger partial charge on any atom is -0.349 e. The van der Waals surface area contributed by atoms with Crippen molar-refractivity contribution in [3.63, 3.8) is 0 Å². The molecule has 0 aliphatic heterocycles. The standard InChI is InChI=1S/C21H25N5OS/c1-13-5-8-17(9-6-13)20-24-25-21(26(20)22)28-12-19(27)23-16(4)18-10-7-14(2)15(3)11-18/h5-11,16H,12,22H2,1-4H3,(H,23,27)/t16-/m0/s1. The fourth-order valence-electron chi connectivity index (χ4n) is 2.81. The first-order valence-electron chi connectivity index (χ1n) is 9.12. The van der Waals surface area contributed by atoms with Crippen LogP contribution < -0.4 is 11.2 Å². The third-order valence-electron chi connectivity index (χ3n) is 4.72. The first-order chi connectivity index (χ1) is 13.3. The van der Waals surface area contributed by atoms with Gasteiger partial charge < -0.3 is 11.2 Å². The van der Waals surface area contributed by atoms with Crippen molar-refractivity contribution in [2.45, 2.75) is 38.9 Å². The van der Waals surface area contributed by atoms with Crippen molar-refractivity contribution in [1.82, 2.24) is 20.2 Å². The van der Waals surface area contributed by atoms with E-state index in [-0.39, 0.29) is 17.7 Å². The van der Waals surface area contributed by atoms with Crippen LogP contribution in [0.5, 0.6) is 0 Å². The molecule has 3 aromatic rings. The van der Waals surface area contributed by atoms with Crippen molar-refractivity contribution in [2.75, 3.05) is 11.6 Å². The highest BCUT2D eigenvalue weighted by molar-refractivity contribution is 7.99. The van der Waals surface area contributed by atoms with Gasteiger partial charge in [0.05, 0.1) is 11.8 Å². The first-order valence-corrected chi connectivity index (χ1v) is 10.1. The summed E-state index contributed by atoms with van der Waals surface area (Å²) in [5, 5.41) is 11.8. The van der Waals surface area contributed by atoms with E-state index in [1.807, 2.05) is 44.2 Å². The molecule has 28 heavy (non-hydrogen) atoms. The van der Waals surface area contributed by atoms with E-state index in [0.29, 0.717) is 11.0 Å². The van der Waals surface area contributed by atoms with Crippen molar-refractivity contribution < 1.29 is 4.79 Å². The lowest BCUT2D eigenvalue weighted by Crippen LogP contribution is -2.28. The van der Waals surface area contributed by atoms with Gasteiger partial charge in [0.2, 0.25) is 11.1 Å². The van der Waals surface area contributed by atoms with E-state index in [1.54, 1.807) is 0 Å². The Bertz CT molecular complexity index is 981. The molecule has 0 aliphatic carbocycles. The number of hydrogen-bond acceptors (Lipinski definition) is 5. The van der Waals surface area contributed by atoms with Gasteiger partial charge in [-0.1, -0.05) is 59.8 Å². The fraction of sp³-hybridized carbons (Fsp3) is 0.286. The molecule has 1 amide bonds. The zero-order valence-electron chi connectivity index (χ0n) is 16.6. The van der Waals surface area contributed by atoms with E-state index in [4.69, 9.17) is 5.84 Å². The summed E-state index contributed by atoms with van der Waals surface area (Å²) in [6, 6.07) is 14.1. The second-order valence-electron chi connectivity index (χ2n) is 6.96. The molecule has 0 radical (unpaired) electrons. The van der Waals surface area contributed by atoms with Gasteiger partial charge in [-0.3, -0.25) is 4.79 Å². The summed E-state index contributed by atoms with van der Waals surface area (Å²) >= 11 is 1.27. The number of nitrogens with zero attached hydrogens (tertiary/aromatic N) is 3. The molecule has 146 valence electrons. The molecule has 6 nitrogen and oxygen atoms in total. The van der Waals surface area contributed by atoms with Crippen molar-refractivity contribution in [1.29, 1.82) is 0 Å². The Morgan fingerprint density at radius 1 is 1.11 bits per heavy atom. The van der Waals surface area contributed by atoms with Crippen molar-refractivity contribution in [2.24, 2.45) is 0 Å². The van der Waals surface area contributed by atoms with Gasteiger partial charge in [0.15, 0.2) is 5.82 Å². The van der Waals surface area contributed by atoms with Crippen LogP contribution >= 0.6 is 11.8 Å². The predicted octanol–water partition coefficient (Wildman–Crippen LogP) is 3.55. The van der Waals surface area contributed by atoms with Gasteiger partial charge in [-0.25, -0.2) is 4.68 Å². The third-order valence-corrected chi connectivity index (χ3v) is 5.66. The average molecular weight is 396 g/mol. The molecule has 2 aromatic carbocycles. The van der Waals surface area contributed by atoms with Crippen LogP contribution in [0.4, 0.5) is 0 Å². The maximum absolute atomic E-state index is 12.3. The van der Waals surface area contributed by atoms with Crippen LogP contribution in [0.1, 0.15) is 35.2 Å². The molecule has 0 saturated heterocycles. The molecule has 3 rings (SSSR count). The van der Waals surface area contributed by atoms with Gasteiger partial charge in [-0.15, -0.1) is 10.2 Å². The fourth-order valence-corrected chi connectivity index (χ4v) is 3.47. The molecule has 1 atom stereocenters. The van der Waals surface area contributed by atoms with Crippen LogP contribution in [0.3, 0.4) is 0 Å². The van der Waals surface area contributed by atoms with Gasteiger partial charge >= 0.3 is 0 Å². The summed E-state index contributed by atoms with van der Waals surface area (Å²) in [7, 11) is 0. The molecule has 0 fully saturated rings. The van der Waals surface area contributed by atoms with Gasteiger partial charge in [0.1, 0.15) is 0 Å². The van der Waals surface area contributed by atoms with E-state index in [1.165, 1.54) is 27.6 Å². The second kappa shape index (κ2) is 8.48. The van der Waals surface area contributed by atoms with Gasteiger partial charge in [0, 0.05) is 5.56 Å². The van der Waals surface area contributed by atoms with Crippen LogP contribution in [0.2, 0.25) is 0 Å². The van der Waals surface area contributed by atoms with E-state index < -0.39 is 0 Å². The lowest BCUT2D eigenvalue weighted by atomic mass is 10.0. The van der Waals surface area contributed by atoms with Crippen LogP contribution in [0, 0.1) is 20.8 Å². The Hall–Kier alpha value is -2.80. The van der Waals surface area contributed by atoms with E-state index in [9.17, 15) is 4.79 Å². The third kappa shape index (κ3) is 4.54. The summed E-state index contributed by atoms with van der Waals surface area (Å²) < 4.78 is 1.43. The van der Waals surface area contributed by atoms with Gasteiger partial charge in [-0.2, -0.15) is 0 Å². The molecule has 0 aliphatic rings. The van der Waals surface area contributed by atoms with E-state index in [0.717, 1.165) is 16.7 Å². The number of thioether (sulfide) groups is 1. The number of aryl methyl sites for hydroxylation is 3. The molecule has 7 heteroatoms. The number of rotatable bonds is 6. The van der Waals surface area contributed by atoms with Crippen LogP contribution in [0.15, 0.2) is 47.6 Å². The number of benzene rings is 2. The van der Waals surface area contributed by atoms with Crippen molar-refractivity contribution in [3.05, 3.63) is 64.7 Å². The predicted molar refractivity (Wildman–Crippen MR) is 114 cm³/mol. The maximum atomic E-state index is 12.3. The zero-order valence-corrected chi connectivity index (χ0v) is 17.4. The smallest absolute Gasteiger partial charge is 0.230 e. The van der Waals surface area contributed by atoms with Crippen LogP contribution in [-0.2, 0) is 4.79 Å². The number of nitrogen functional groups attached to an aromatic ring is 1. The number of nitrogens with one attached hydrogen (secondary N) is 1. The molecular weight excluding hydrogens is 370 g/mol. The summed E-state index contributed by atoms with van der Waals surface area (Å²) in [5.41, 5.74) is 5.60. The topological polar surface area (TPSA) is 85.8 Å². The summed E-state index contributed by atoms with van der Waals surface area (Å²) in [4.78, 5) is 12.3. The Labute approximate surface area is 169 Å². The molecule has 0 unspecified atom stereocenters. The Kier molecular flexibility index (Phi) is 6.04. The minimum atomic E-state index is -0.0735. The number of hydrogen-bond donors (Lipinski definition) is 2. The number of amides is 1. The number of nitrogens with two attached hydrogens (primary N) is 1. The monoisotopic (exact) mass is 395 g/mol. The van der Waals surface area contributed by atoms with E-state index in [2.05, 4.69) is 41.5 Å². The number of aromatic nitrogens is 3. The minimum absolute atomic E-state index is 0.0636. The zero-order chi connectivity index (χ0) is 20.3. The SMILES string of the molecule is Cc1ccc(-c2nnc(SCC(=O)N[C@@H](C)c3ccc(C)c(C)c3)n2N)cc1. The van der Waals surface area contributed by atoms with Crippen molar-refractivity contribution in [3.8, 4) is 11.4 Å².